The SMILES string of the molecule is NCCCN1CCN(C/C=C/N=C(Cl)\C=C(/N)Cl)CC1. The van der Waals surface area contributed by atoms with Crippen molar-refractivity contribution >= 4 is 28.4 Å². The summed E-state index contributed by atoms with van der Waals surface area (Å²) in [7, 11) is 0. The Kier molecular flexibility index (Phi) is 8.89. The maximum absolute atomic E-state index is 5.79. The highest BCUT2D eigenvalue weighted by Gasteiger charge is 2.14. The zero-order valence-corrected chi connectivity index (χ0v) is 13.2. The fraction of sp³-hybridized carbons (Fsp3) is 0.615. The summed E-state index contributed by atoms with van der Waals surface area (Å²) < 4.78 is 0. The lowest BCUT2D eigenvalue weighted by molar-refractivity contribution is 0.142. The van der Waals surface area contributed by atoms with Crippen molar-refractivity contribution in [1.82, 2.24) is 9.80 Å². The van der Waals surface area contributed by atoms with E-state index in [4.69, 9.17) is 34.7 Å². The first-order chi connectivity index (χ1) is 9.61. The molecule has 0 saturated carbocycles. The molecule has 0 aliphatic carbocycles. The second kappa shape index (κ2) is 10.2. The van der Waals surface area contributed by atoms with E-state index in [0.29, 0.717) is 0 Å². The molecular formula is C13H23Cl2N5. The molecule has 114 valence electrons. The molecule has 20 heavy (non-hydrogen) atoms. The number of hydrogen-bond acceptors (Lipinski definition) is 5. The first-order valence-corrected chi connectivity index (χ1v) is 7.53. The van der Waals surface area contributed by atoms with Gasteiger partial charge >= 0.3 is 0 Å². The van der Waals surface area contributed by atoms with Crippen molar-refractivity contribution in [1.29, 1.82) is 0 Å². The van der Waals surface area contributed by atoms with E-state index in [2.05, 4.69) is 14.8 Å². The van der Waals surface area contributed by atoms with Crippen molar-refractivity contribution in [2.24, 2.45) is 16.5 Å². The third kappa shape index (κ3) is 7.87. The Morgan fingerprint density at radius 2 is 1.80 bits per heavy atom. The number of piperazine rings is 1. The first-order valence-electron chi connectivity index (χ1n) is 6.77. The predicted molar refractivity (Wildman–Crippen MR) is 87.1 cm³/mol. The maximum Gasteiger partial charge on any atom is 0.131 e. The normalized spacial score (nSPS) is 19.9. The zero-order chi connectivity index (χ0) is 14.8. The van der Waals surface area contributed by atoms with Crippen LogP contribution in [0.2, 0.25) is 0 Å². The third-order valence-corrected chi connectivity index (χ3v) is 3.38. The van der Waals surface area contributed by atoms with Crippen molar-refractivity contribution < 1.29 is 0 Å². The molecule has 0 bridgehead atoms. The summed E-state index contributed by atoms with van der Waals surface area (Å²) in [5.41, 5.74) is 10.8. The molecule has 0 unspecified atom stereocenters. The van der Waals surface area contributed by atoms with Gasteiger partial charge in [-0.25, -0.2) is 4.99 Å². The van der Waals surface area contributed by atoms with Crippen molar-refractivity contribution in [3.8, 4) is 0 Å². The molecule has 0 aromatic carbocycles. The summed E-state index contributed by atoms with van der Waals surface area (Å²) in [6, 6.07) is 0. The van der Waals surface area contributed by atoms with Gasteiger partial charge in [0.05, 0.1) is 0 Å². The molecule has 0 amide bonds. The second-order valence-electron chi connectivity index (χ2n) is 4.65. The number of nitrogens with two attached hydrogens (primary N) is 2. The van der Waals surface area contributed by atoms with Crippen LogP contribution >= 0.6 is 23.2 Å². The van der Waals surface area contributed by atoms with E-state index in [1.54, 1.807) is 6.20 Å². The number of aliphatic imine (C=N–C) groups is 1. The first kappa shape index (κ1) is 17.5. The van der Waals surface area contributed by atoms with Crippen molar-refractivity contribution in [2.45, 2.75) is 6.42 Å². The Balaban J connectivity index is 2.22. The number of nitrogens with zero attached hydrogens (tertiary/aromatic N) is 3. The Bertz CT molecular complexity index is 356. The predicted octanol–water partition coefficient (Wildman–Crippen LogP) is 1.14. The molecule has 1 rings (SSSR count). The molecule has 1 fully saturated rings. The van der Waals surface area contributed by atoms with Gasteiger partial charge in [-0.2, -0.15) is 0 Å². The van der Waals surface area contributed by atoms with Gasteiger partial charge in [0.25, 0.3) is 0 Å². The minimum absolute atomic E-state index is 0.126. The van der Waals surface area contributed by atoms with Gasteiger partial charge in [0.1, 0.15) is 10.3 Å². The van der Waals surface area contributed by atoms with Gasteiger partial charge < -0.3 is 16.4 Å². The standard InChI is InChI=1S/C13H23Cl2N5/c14-12(17)11-13(15)18-4-2-6-20-9-7-19(8-10-20)5-1-3-16/h2,4,11H,1,3,5-10,16-17H2/b4-2+,12-11-,18-13+. The zero-order valence-electron chi connectivity index (χ0n) is 11.6. The highest BCUT2D eigenvalue weighted by atomic mass is 35.5. The molecule has 1 saturated heterocycles. The Morgan fingerprint density at radius 1 is 1.15 bits per heavy atom. The minimum atomic E-state index is 0.126. The van der Waals surface area contributed by atoms with Crippen LogP contribution in [0.1, 0.15) is 6.42 Å². The number of rotatable bonds is 7. The summed E-state index contributed by atoms with van der Waals surface area (Å²) in [5, 5.41) is 0.404. The maximum atomic E-state index is 5.79. The van der Waals surface area contributed by atoms with Crippen molar-refractivity contribution in [3.63, 3.8) is 0 Å². The van der Waals surface area contributed by atoms with Gasteiger partial charge in [-0.3, -0.25) is 4.90 Å². The lowest BCUT2D eigenvalue weighted by Gasteiger charge is -2.33. The van der Waals surface area contributed by atoms with Crippen LogP contribution in [0.15, 0.2) is 28.5 Å². The second-order valence-corrected chi connectivity index (χ2v) is 5.47. The Hall–Kier alpha value is -0.590. The smallest absolute Gasteiger partial charge is 0.131 e. The summed E-state index contributed by atoms with van der Waals surface area (Å²) in [6.45, 7) is 7.09. The summed E-state index contributed by atoms with van der Waals surface area (Å²) in [5.74, 6) is 0. The molecule has 0 radical (unpaired) electrons. The lowest BCUT2D eigenvalue weighted by Crippen LogP contribution is -2.46. The fourth-order valence-corrected chi connectivity index (χ4v) is 2.31. The van der Waals surface area contributed by atoms with E-state index in [0.717, 1.165) is 52.2 Å². The molecule has 0 spiro atoms. The topological polar surface area (TPSA) is 70.9 Å². The van der Waals surface area contributed by atoms with Gasteiger partial charge in [-0.1, -0.05) is 29.3 Å². The van der Waals surface area contributed by atoms with Crippen molar-refractivity contribution in [3.05, 3.63) is 23.5 Å². The summed E-state index contributed by atoms with van der Waals surface area (Å²) >= 11 is 11.3. The van der Waals surface area contributed by atoms with Crippen molar-refractivity contribution in [2.75, 3.05) is 45.8 Å². The average Bonchev–Trinajstić information content (AvgIpc) is 2.42. The average molecular weight is 320 g/mol. The Morgan fingerprint density at radius 3 is 2.40 bits per heavy atom. The highest BCUT2D eigenvalue weighted by molar-refractivity contribution is 6.69. The molecule has 1 heterocycles. The van der Waals surface area contributed by atoms with Gasteiger partial charge in [0, 0.05) is 45.0 Å². The highest BCUT2D eigenvalue weighted by Crippen LogP contribution is 2.02. The van der Waals surface area contributed by atoms with Crippen LogP contribution in [0.5, 0.6) is 0 Å². The molecule has 0 aromatic rings. The van der Waals surface area contributed by atoms with Crippen LogP contribution < -0.4 is 11.5 Å². The monoisotopic (exact) mass is 319 g/mol. The largest absolute Gasteiger partial charge is 0.389 e. The number of hydrogen-bond donors (Lipinski definition) is 2. The van der Waals surface area contributed by atoms with E-state index in [1.165, 1.54) is 6.08 Å². The molecule has 0 atom stereocenters. The molecule has 1 aliphatic heterocycles. The van der Waals surface area contributed by atoms with Crippen LogP contribution in [-0.4, -0.2) is 60.8 Å². The van der Waals surface area contributed by atoms with E-state index >= 15 is 0 Å². The van der Waals surface area contributed by atoms with E-state index in [1.807, 2.05) is 6.08 Å². The van der Waals surface area contributed by atoms with Gasteiger partial charge in [0.15, 0.2) is 0 Å². The molecule has 1 aliphatic rings. The van der Waals surface area contributed by atoms with E-state index < -0.39 is 0 Å². The molecule has 5 nitrogen and oxygen atoms in total. The van der Waals surface area contributed by atoms with Crippen LogP contribution in [-0.2, 0) is 0 Å². The quantitative estimate of drug-likeness (QED) is 0.545. The summed E-state index contributed by atoms with van der Waals surface area (Å²) in [6.07, 6.45) is 6.14. The number of allylic oxidation sites excluding steroid dienone is 1. The van der Waals surface area contributed by atoms with E-state index in [9.17, 15) is 0 Å². The van der Waals surface area contributed by atoms with Crippen LogP contribution in [0.3, 0.4) is 0 Å². The van der Waals surface area contributed by atoms with Crippen LogP contribution in [0, 0.1) is 0 Å². The molecule has 4 N–H and O–H groups in total. The van der Waals surface area contributed by atoms with Gasteiger partial charge in [-0.05, 0) is 19.5 Å². The van der Waals surface area contributed by atoms with Crippen LogP contribution in [0.4, 0.5) is 0 Å². The fourth-order valence-electron chi connectivity index (χ4n) is 1.98. The third-order valence-electron chi connectivity index (χ3n) is 3.07. The van der Waals surface area contributed by atoms with Gasteiger partial charge in [-0.15, -0.1) is 0 Å². The minimum Gasteiger partial charge on any atom is -0.389 e. The van der Waals surface area contributed by atoms with Gasteiger partial charge in [0.2, 0.25) is 0 Å². The Labute approximate surface area is 130 Å². The molecular weight excluding hydrogens is 297 g/mol. The number of halogens is 2. The molecule has 0 aromatic heterocycles. The van der Waals surface area contributed by atoms with Crippen LogP contribution in [0.25, 0.3) is 0 Å². The summed E-state index contributed by atoms with van der Waals surface area (Å²) in [4.78, 5) is 8.85. The van der Waals surface area contributed by atoms with E-state index in [-0.39, 0.29) is 10.3 Å². The molecule has 7 heteroatoms. The lowest BCUT2D eigenvalue weighted by atomic mass is 10.3.